The molecule has 1 aliphatic heterocycles. The van der Waals surface area contributed by atoms with Gasteiger partial charge in [-0.1, -0.05) is 36.4 Å². The van der Waals surface area contributed by atoms with Crippen molar-refractivity contribution >= 4 is 22.7 Å². The number of aromatic nitrogens is 1. The summed E-state index contributed by atoms with van der Waals surface area (Å²) in [4.78, 5) is 32.0. The minimum atomic E-state index is -1.18. The van der Waals surface area contributed by atoms with Crippen molar-refractivity contribution in [1.29, 1.82) is 0 Å². The Morgan fingerprint density at radius 2 is 1.76 bits per heavy atom. The van der Waals surface area contributed by atoms with E-state index in [1.54, 1.807) is 21.0 Å². The first-order chi connectivity index (χ1) is 15.9. The SMILES string of the molecule is COc1ccc2cc(C3(C)NC(=O)N(Cc4nc(-c5ccccc5)oc4C)C3=O)ccc2c1. The first-order valence-corrected chi connectivity index (χ1v) is 10.6. The molecule has 2 heterocycles. The maximum absolute atomic E-state index is 13.4. The van der Waals surface area contributed by atoms with Crippen LogP contribution in [0.15, 0.2) is 71.1 Å². The lowest BCUT2D eigenvalue weighted by Crippen LogP contribution is -2.40. The fourth-order valence-electron chi connectivity index (χ4n) is 4.13. The second-order valence-electron chi connectivity index (χ2n) is 8.26. The number of urea groups is 1. The maximum atomic E-state index is 13.4. The van der Waals surface area contributed by atoms with E-state index in [0.717, 1.165) is 22.1 Å². The number of rotatable bonds is 5. The van der Waals surface area contributed by atoms with Crippen LogP contribution in [0.25, 0.3) is 22.2 Å². The first kappa shape index (κ1) is 20.8. The number of benzene rings is 3. The molecule has 7 nitrogen and oxygen atoms in total. The van der Waals surface area contributed by atoms with Gasteiger partial charge in [-0.25, -0.2) is 9.78 Å². The predicted molar refractivity (Wildman–Crippen MR) is 124 cm³/mol. The average molecular weight is 441 g/mol. The Balaban J connectivity index is 1.43. The molecule has 1 unspecified atom stereocenters. The molecule has 0 radical (unpaired) electrons. The molecule has 166 valence electrons. The predicted octanol–water partition coefficient (Wildman–Crippen LogP) is 4.78. The minimum absolute atomic E-state index is 0.0349. The van der Waals surface area contributed by atoms with E-state index in [1.807, 2.05) is 66.7 Å². The lowest BCUT2D eigenvalue weighted by Gasteiger charge is -2.22. The summed E-state index contributed by atoms with van der Waals surface area (Å²) >= 11 is 0. The van der Waals surface area contributed by atoms with Gasteiger partial charge in [0.25, 0.3) is 5.91 Å². The van der Waals surface area contributed by atoms with Crippen molar-refractivity contribution in [3.8, 4) is 17.2 Å². The number of methoxy groups -OCH3 is 1. The third-order valence-corrected chi connectivity index (χ3v) is 6.12. The Morgan fingerprint density at radius 1 is 1.03 bits per heavy atom. The number of hydrogen-bond donors (Lipinski definition) is 1. The average Bonchev–Trinajstić information content (AvgIpc) is 3.31. The van der Waals surface area contributed by atoms with Gasteiger partial charge in [-0.15, -0.1) is 0 Å². The topological polar surface area (TPSA) is 84.7 Å². The number of nitrogens with zero attached hydrogens (tertiary/aromatic N) is 2. The summed E-state index contributed by atoms with van der Waals surface area (Å²) in [7, 11) is 1.62. The first-order valence-electron chi connectivity index (χ1n) is 10.6. The van der Waals surface area contributed by atoms with E-state index >= 15 is 0 Å². The van der Waals surface area contributed by atoms with Crippen LogP contribution in [0.5, 0.6) is 5.75 Å². The van der Waals surface area contributed by atoms with Crippen LogP contribution >= 0.6 is 0 Å². The zero-order chi connectivity index (χ0) is 23.2. The van der Waals surface area contributed by atoms with E-state index < -0.39 is 11.6 Å². The molecule has 0 saturated carbocycles. The number of aryl methyl sites for hydroxylation is 1. The Morgan fingerprint density at radius 3 is 2.52 bits per heavy atom. The Kier molecular flexibility index (Phi) is 4.89. The van der Waals surface area contributed by atoms with Gasteiger partial charge >= 0.3 is 6.03 Å². The van der Waals surface area contributed by atoms with Gasteiger partial charge in [0.05, 0.1) is 13.7 Å². The summed E-state index contributed by atoms with van der Waals surface area (Å²) in [6, 6.07) is 20.5. The molecular formula is C26H23N3O4. The second-order valence-corrected chi connectivity index (χ2v) is 8.26. The largest absolute Gasteiger partial charge is 0.497 e. The van der Waals surface area contributed by atoms with Gasteiger partial charge in [0.2, 0.25) is 5.89 Å². The molecule has 1 N–H and O–H groups in total. The molecule has 1 fully saturated rings. The summed E-state index contributed by atoms with van der Waals surface area (Å²) in [5.74, 6) is 1.46. The number of carbonyl (C=O) groups excluding carboxylic acids is 2. The molecule has 1 atom stereocenters. The lowest BCUT2D eigenvalue weighted by molar-refractivity contribution is -0.131. The lowest BCUT2D eigenvalue weighted by atomic mass is 9.90. The minimum Gasteiger partial charge on any atom is -0.497 e. The summed E-state index contributed by atoms with van der Waals surface area (Å²) in [6.45, 7) is 3.54. The zero-order valence-corrected chi connectivity index (χ0v) is 18.6. The van der Waals surface area contributed by atoms with Crippen molar-refractivity contribution < 1.29 is 18.7 Å². The van der Waals surface area contributed by atoms with Crippen molar-refractivity contribution in [3.05, 3.63) is 83.7 Å². The van der Waals surface area contributed by atoms with Crippen LogP contribution in [0, 0.1) is 6.92 Å². The molecule has 3 aromatic carbocycles. The standard InChI is InChI=1S/C26H23N3O4/c1-16-22(27-23(33-16)17-7-5-4-6-8-17)15-29-24(30)26(2,28-25(29)31)20-11-9-19-14-21(32-3)12-10-18(19)13-20/h4-14H,15H2,1-3H3,(H,28,31). The summed E-state index contributed by atoms with van der Waals surface area (Å²) < 4.78 is 11.1. The molecular weight excluding hydrogens is 418 g/mol. The van der Waals surface area contributed by atoms with Gasteiger partial charge in [0, 0.05) is 5.56 Å². The normalized spacial score (nSPS) is 18.1. The number of ether oxygens (including phenoxy) is 1. The van der Waals surface area contributed by atoms with Crippen LogP contribution in [-0.2, 0) is 16.9 Å². The number of oxazole rings is 1. The number of hydrogen-bond acceptors (Lipinski definition) is 5. The van der Waals surface area contributed by atoms with Crippen LogP contribution in [0.4, 0.5) is 4.79 Å². The van der Waals surface area contributed by atoms with E-state index in [4.69, 9.17) is 9.15 Å². The summed E-state index contributed by atoms with van der Waals surface area (Å²) in [5.41, 5.74) is 0.919. The Labute approximate surface area is 191 Å². The van der Waals surface area contributed by atoms with Crippen molar-refractivity contribution in [1.82, 2.24) is 15.2 Å². The van der Waals surface area contributed by atoms with Gasteiger partial charge in [-0.2, -0.15) is 0 Å². The van der Waals surface area contributed by atoms with Crippen molar-refractivity contribution in [2.45, 2.75) is 25.9 Å². The smallest absolute Gasteiger partial charge is 0.325 e. The highest BCUT2D eigenvalue weighted by Gasteiger charge is 2.49. The highest BCUT2D eigenvalue weighted by Crippen LogP contribution is 2.33. The number of fused-ring (bicyclic) bond motifs is 1. The molecule has 33 heavy (non-hydrogen) atoms. The summed E-state index contributed by atoms with van der Waals surface area (Å²) in [6.07, 6.45) is 0. The number of carbonyl (C=O) groups is 2. The molecule has 0 aliphatic carbocycles. The molecule has 5 rings (SSSR count). The third kappa shape index (κ3) is 3.51. The molecule has 1 saturated heterocycles. The van der Waals surface area contributed by atoms with Gasteiger partial charge in [-0.3, -0.25) is 9.69 Å². The molecule has 7 heteroatoms. The van der Waals surface area contributed by atoms with Crippen LogP contribution in [0.1, 0.15) is 23.9 Å². The number of nitrogens with one attached hydrogen (secondary N) is 1. The van der Waals surface area contributed by atoms with E-state index in [2.05, 4.69) is 10.3 Å². The van der Waals surface area contributed by atoms with Gasteiger partial charge in [0.1, 0.15) is 22.7 Å². The molecule has 3 amide bonds. The highest BCUT2D eigenvalue weighted by molar-refractivity contribution is 6.07. The van der Waals surface area contributed by atoms with E-state index in [-0.39, 0.29) is 12.5 Å². The van der Waals surface area contributed by atoms with Gasteiger partial charge < -0.3 is 14.5 Å². The molecule has 0 bridgehead atoms. The third-order valence-electron chi connectivity index (χ3n) is 6.12. The molecule has 0 spiro atoms. The van der Waals surface area contributed by atoms with Gasteiger partial charge in [0.15, 0.2) is 0 Å². The zero-order valence-electron chi connectivity index (χ0n) is 18.6. The highest BCUT2D eigenvalue weighted by atomic mass is 16.5. The molecule has 1 aliphatic rings. The Bertz CT molecular complexity index is 1380. The second kappa shape index (κ2) is 7.78. The fraction of sp³-hybridized carbons (Fsp3) is 0.192. The fourth-order valence-corrected chi connectivity index (χ4v) is 4.13. The van der Waals surface area contributed by atoms with Crippen LogP contribution in [0.2, 0.25) is 0 Å². The Hall–Kier alpha value is -4.13. The quantitative estimate of drug-likeness (QED) is 0.451. The van der Waals surface area contributed by atoms with E-state index in [1.165, 1.54) is 4.90 Å². The molecule has 1 aromatic heterocycles. The van der Waals surface area contributed by atoms with Crippen molar-refractivity contribution in [2.75, 3.05) is 7.11 Å². The number of imide groups is 1. The van der Waals surface area contributed by atoms with Gasteiger partial charge in [-0.05, 0) is 60.5 Å². The molecule has 4 aromatic rings. The van der Waals surface area contributed by atoms with Crippen molar-refractivity contribution in [2.24, 2.45) is 0 Å². The van der Waals surface area contributed by atoms with Crippen LogP contribution < -0.4 is 10.1 Å². The maximum Gasteiger partial charge on any atom is 0.325 e. The van der Waals surface area contributed by atoms with Crippen LogP contribution in [0.3, 0.4) is 0 Å². The van der Waals surface area contributed by atoms with E-state index in [0.29, 0.717) is 22.9 Å². The van der Waals surface area contributed by atoms with E-state index in [9.17, 15) is 9.59 Å². The summed E-state index contributed by atoms with van der Waals surface area (Å²) in [5, 5.41) is 4.81. The van der Waals surface area contributed by atoms with Crippen LogP contribution in [-0.4, -0.2) is 28.9 Å². The monoisotopic (exact) mass is 441 g/mol. The van der Waals surface area contributed by atoms with Crippen molar-refractivity contribution in [3.63, 3.8) is 0 Å². The number of amides is 3.